The molecule has 1 unspecified atom stereocenters. The molecule has 19 heavy (non-hydrogen) atoms. The number of hydrogen-bond acceptors (Lipinski definition) is 4. The summed E-state index contributed by atoms with van der Waals surface area (Å²) in [5.74, 6) is 0.504. The molecule has 0 saturated carbocycles. The van der Waals surface area contributed by atoms with Crippen molar-refractivity contribution in [1.29, 1.82) is 0 Å². The van der Waals surface area contributed by atoms with Gasteiger partial charge in [-0.05, 0) is 30.5 Å². The Balaban J connectivity index is 1.95. The first-order valence-corrected chi connectivity index (χ1v) is 6.91. The van der Waals surface area contributed by atoms with E-state index in [0.29, 0.717) is 16.9 Å². The molecule has 3 rings (SSSR count). The van der Waals surface area contributed by atoms with Crippen molar-refractivity contribution in [1.82, 2.24) is 9.97 Å². The number of H-pyrrole nitrogens is 1. The summed E-state index contributed by atoms with van der Waals surface area (Å²) in [7, 11) is 0. The van der Waals surface area contributed by atoms with Gasteiger partial charge in [0.1, 0.15) is 0 Å². The van der Waals surface area contributed by atoms with Crippen molar-refractivity contribution in [3.05, 3.63) is 57.0 Å². The minimum absolute atomic E-state index is 0.115. The van der Waals surface area contributed by atoms with Gasteiger partial charge in [-0.2, -0.15) is 0 Å². The summed E-state index contributed by atoms with van der Waals surface area (Å²) in [4.78, 5) is 20.3. The Labute approximate surface area is 114 Å². The molecule has 96 valence electrons. The highest BCUT2D eigenvalue weighted by molar-refractivity contribution is 7.10. The summed E-state index contributed by atoms with van der Waals surface area (Å²) in [5.41, 5.74) is 0.582. The predicted molar refractivity (Wildman–Crippen MR) is 78.7 cm³/mol. The molecule has 2 heterocycles. The van der Waals surface area contributed by atoms with E-state index in [1.54, 1.807) is 17.4 Å². The third-order valence-corrected chi connectivity index (χ3v) is 3.99. The largest absolute Gasteiger partial charge is 0.348 e. The molecule has 0 saturated heterocycles. The molecule has 0 aliphatic carbocycles. The highest BCUT2D eigenvalue weighted by Gasteiger charge is 2.09. The van der Waals surface area contributed by atoms with E-state index < -0.39 is 0 Å². The summed E-state index contributed by atoms with van der Waals surface area (Å²) < 4.78 is 0. The van der Waals surface area contributed by atoms with E-state index in [1.165, 1.54) is 4.88 Å². The van der Waals surface area contributed by atoms with E-state index in [-0.39, 0.29) is 11.6 Å². The molecule has 0 aliphatic rings. The van der Waals surface area contributed by atoms with Crippen LogP contribution < -0.4 is 10.9 Å². The monoisotopic (exact) mass is 271 g/mol. The molecule has 5 heteroatoms. The van der Waals surface area contributed by atoms with Crippen LogP contribution in [0.2, 0.25) is 0 Å². The van der Waals surface area contributed by atoms with Gasteiger partial charge < -0.3 is 5.32 Å². The molecule has 2 N–H and O–H groups in total. The van der Waals surface area contributed by atoms with E-state index in [1.807, 2.05) is 36.6 Å². The highest BCUT2D eigenvalue weighted by atomic mass is 32.1. The van der Waals surface area contributed by atoms with Gasteiger partial charge in [0, 0.05) is 4.88 Å². The first-order valence-electron chi connectivity index (χ1n) is 6.03. The van der Waals surface area contributed by atoms with Crippen molar-refractivity contribution < 1.29 is 0 Å². The summed E-state index contributed by atoms with van der Waals surface area (Å²) in [5, 5.41) is 5.86. The van der Waals surface area contributed by atoms with Crippen molar-refractivity contribution in [2.45, 2.75) is 13.0 Å². The lowest BCUT2D eigenvalue weighted by Gasteiger charge is -2.12. The average Bonchev–Trinajstić information content (AvgIpc) is 2.93. The number of benzene rings is 1. The highest BCUT2D eigenvalue weighted by Crippen LogP contribution is 2.21. The Bertz CT molecular complexity index is 749. The molecule has 1 aromatic carbocycles. The number of nitrogens with zero attached hydrogens (tertiary/aromatic N) is 1. The van der Waals surface area contributed by atoms with Crippen LogP contribution in [0.15, 0.2) is 46.6 Å². The Kier molecular flexibility index (Phi) is 3.05. The maximum atomic E-state index is 11.9. The molecule has 1 atom stereocenters. The quantitative estimate of drug-likeness (QED) is 0.769. The van der Waals surface area contributed by atoms with Crippen LogP contribution in [0.4, 0.5) is 5.95 Å². The molecular weight excluding hydrogens is 258 g/mol. The number of nitrogens with one attached hydrogen (secondary N) is 2. The van der Waals surface area contributed by atoms with Crippen molar-refractivity contribution >= 4 is 28.2 Å². The molecule has 0 aliphatic heterocycles. The van der Waals surface area contributed by atoms with Crippen LogP contribution in [-0.4, -0.2) is 9.97 Å². The molecule has 3 aromatic rings. The number of fused-ring (bicyclic) bond motifs is 1. The van der Waals surface area contributed by atoms with Crippen LogP contribution in [0.3, 0.4) is 0 Å². The average molecular weight is 271 g/mol. The molecule has 0 spiro atoms. The van der Waals surface area contributed by atoms with Gasteiger partial charge >= 0.3 is 0 Å². The molecule has 4 nitrogen and oxygen atoms in total. The van der Waals surface area contributed by atoms with Gasteiger partial charge in [0.25, 0.3) is 5.56 Å². The number of hydrogen-bond donors (Lipinski definition) is 2. The second-order valence-corrected chi connectivity index (χ2v) is 5.29. The molecule has 0 radical (unpaired) electrons. The van der Waals surface area contributed by atoms with Gasteiger partial charge in [0.15, 0.2) is 0 Å². The van der Waals surface area contributed by atoms with Crippen LogP contribution in [0.5, 0.6) is 0 Å². The van der Waals surface area contributed by atoms with Gasteiger partial charge in [-0.3, -0.25) is 9.78 Å². The topological polar surface area (TPSA) is 57.8 Å². The second-order valence-electron chi connectivity index (χ2n) is 4.31. The number of thiophene rings is 1. The molecule has 2 aromatic heterocycles. The van der Waals surface area contributed by atoms with E-state index >= 15 is 0 Å². The molecule has 0 amide bonds. The minimum atomic E-state index is -0.119. The van der Waals surface area contributed by atoms with E-state index in [2.05, 4.69) is 21.4 Å². The van der Waals surface area contributed by atoms with Crippen molar-refractivity contribution in [3.63, 3.8) is 0 Å². The summed E-state index contributed by atoms with van der Waals surface area (Å²) in [6.07, 6.45) is 0. The van der Waals surface area contributed by atoms with Crippen LogP contribution in [0.1, 0.15) is 17.8 Å². The predicted octanol–water partition coefficient (Wildman–Crippen LogP) is 3.16. The zero-order valence-corrected chi connectivity index (χ0v) is 11.2. The van der Waals surface area contributed by atoms with Crippen LogP contribution in [-0.2, 0) is 0 Å². The zero-order valence-electron chi connectivity index (χ0n) is 10.4. The van der Waals surface area contributed by atoms with Crippen molar-refractivity contribution in [2.75, 3.05) is 5.32 Å². The fraction of sp³-hybridized carbons (Fsp3) is 0.143. The van der Waals surface area contributed by atoms with Crippen LogP contribution >= 0.6 is 11.3 Å². The first-order chi connectivity index (χ1) is 9.24. The molecular formula is C14H13N3OS. The normalized spacial score (nSPS) is 12.5. The van der Waals surface area contributed by atoms with Crippen molar-refractivity contribution in [2.24, 2.45) is 0 Å². The Morgan fingerprint density at radius 2 is 2.11 bits per heavy atom. The lowest BCUT2D eigenvalue weighted by molar-refractivity contribution is 0.881. The smallest absolute Gasteiger partial charge is 0.260 e. The number of aromatic amines is 1. The van der Waals surface area contributed by atoms with Gasteiger partial charge in [0.2, 0.25) is 5.95 Å². The SMILES string of the molecule is CC(Nc1nc2ccccc2c(=O)[nH]1)c1cccs1. The van der Waals surface area contributed by atoms with Gasteiger partial charge in [-0.1, -0.05) is 18.2 Å². The minimum Gasteiger partial charge on any atom is -0.348 e. The Morgan fingerprint density at radius 1 is 1.26 bits per heavy atom. The van der Waals surface area contributed by atoms with Crippen LogP contribution in [0.25, 0.3) is 10.9 Å². The maximum Gasteiger partial charge on any atom is 0.260 e. The fourth-order valence-electron chi connectivity index (χ4n) is 1.97. The maximum absolute atomic E-state index is 11.9. The molecule has 0 fully saturated rings. The van der Waals surface area contributed by atoms with Gasteiger partial charge in [-0.15, -0.1) is 11.3 Å². The van der Waals surface area contributed by atoms with Crippen LogP contribution in [0, 0.1) is 0 Å². The number of para-hydroxylation sites is 1. The third kappa shape index (κ3) is 2.37. The van der Waals surface area contributed by atoms with E-state index in [0.717, 1.165) is 0 Å². The van der Waals surface area contributed by atoms with E-state index in [4.69, 9.17) is 0 Å². The Hall–Kier alpha value is -2.14. The number of anilines is 1. The lowest BCUT2D eigenvalue weighted by atomic mass is 10.2. The zero-order chi connectivity index (χ0) is 13.2. The van der Waals surface area contributed by atoms with Crippen molar-refractivity contribution in [3.8, 4) is 0 Å². The second kappa shape index (κ2) is 4.85. The number of rotatable bonds is 3. The molecule has 0 bridgehead atoms. The van der Waals surface area contributed by atoms with E-state index in [9.17, 15) is 4.79 Å². The summed E-state index contributed by atoms with van der Waals surface area (Å²) in [6, 6.07) is 11.5. The standard InChI is InChI=1S/C14H13N3OS/c1-9(12-7-4-8-19-12)15-14-16-11-6-3-2-5-10(11)13(18)17-14/h2-9H,1H3,(H2,15,16,17,18). The van der Waals surface area contributed by atoms with Gasteiger partial charge in [-0.25, -0.2) is 4.98 Å². The third-order valence-electron chi connectivity index (χ3n) is 2.94. The summed E-state index contributed by atoms with van der Waals surface area (Å²) >= 11 is 1.68. The Morgan fingerprint density at radius 3 is 2.89 bits per heavy atom. The fourth-order valence-corrected chi connectivity index (χ4v) is 2.70. The lowest BCUT2D eigenvalue weighted by Crippen LogP contribution is -2.15. The number of aromatic nitrogens is 2. The van der Waals surface area contributed by atoms with Gasteiger partial charge in [0.05, 0.1) is 16.9 Å². The first kappa shape index (κ1) is 11.9. The summed E-state index contributed by atoms with van der Waals surface area (Å²) in [6.45, 7) is 2.04.